The molecule has 1 aromatic carbocycles. The Hall–Kier alpha value is -1.31. The predicted molar refractivity (Wildman–Crippen MR) is 87.0 cm³/mol. The molecule has 21 heavy (non-hydrogen) atoms. The fourth-order valence-corrected chi connectivity index (χ4v) is 3.48. The van der Waals surface area contributed by atoms with Crippen LogP contribution in [-0.4, -0.2) is 11.1 Å². The van der Waals surface area contributed by atoms with Crippen LogP contribution < -0.4 is 0 Å². The first-order chi connectivity index (χ1) is 9.90. The Labute approximate surface area is 128 Å². The molecule has 0 spiro atoms. The quantitative estimate of drug-likeness (QED) is 0.817. The molecule has 0 radical (unpaired) electrons. The van der Waals surface area contributed by atoms with Gasteiger partial charge in [-0.2, -0.15) is 0 Å². The maximum absolute atomic E-state index is 11.1. The average Bonchev–Trinajstić information content (AvgIpc) is 2.46. The third-order valence-corrected chi connectivity index (χ3v) is 4.92. The van der Waals surface area contributed by atoms with Crippen LogP contribution in [0.5, 0.6) is 0 Å². The van der Waals surface area contributed by atoms with E-state index in [1.807, 2.05) is 0 Å². The van der Waals surface area contributed by atoms with Crippen molar-refractivity contribution in [1.82, 2.24) is 0 Å². The SMILES string of the molecule is CC(C)c1ccc(C(C)C)c(C2CCC(C(=O)O)CC2)c1. The summed E-state index contributed by atoms with van der Waals surface area (Å²) < 4.78 is 0. The molecule has 2 heteroatoms. The van der Waals surface area contributed by atoms with Gasteiger partial charge in [0.2, 0.25) is 0 Å². The summed E-state index contributed by atoms with van der Waals surface area (Å²) in [5, 5.41) is 9.15. The van der Waals surface area contributed by atoms with Crippen molar-refractivity contribution in [3.8, 4) is 0 Å². The van der Waals surface area contributed by atoms with Gasteiger partial charge in [0.1, 0.15) is 0 Å². The van der Waals surface area contributed by atoms with Crippen LogP contribution in [0.1, 0.15) is 87.8 Å². The highest BCUT2D eigenvalue weighted by Crippen LogP contribution is 2.40. The van der Waals surface area contributed by atoms with Crippen LogP contribution in [0.4, 0.5) is 0 Å². The van der Waals surface area contributed by atoms with Gasteiger partial charge in [-0.25, -0.2) is 0 Å². The lowest BCUT2D eigenvalue weighted by atomic mass is 9.75. The van der Waals surface area contributed by atoms with Crippen molar-refractivity contribution < 1.29 is 9.90 Å². The van der Waals surface area contributed by atoms with Crippen LogP contribution in [0.25, 0.3) is 0 Å². The van der Waals surface area contributed by atoms with Gasteiger partial charge in [0, 0.05) is 0 Å². The molecule has 0 unspecified atom stereocenters. The van der Waals surface area contributed by atoms with Gasteiger partial charge in [0.05, 0.1) is 5.92 Å². The number of benzene rings is 1. The smallest absolute Gasteiger partial charge is 0.306 e. The number of aliphatic carboxylic acids is 1. The average molecular weight is 288 g/mol. The lowest BCUT2D eigenvalue weighted by molar-refractivity contribution is -0.142. The van der Waals surface area contributed by atoms with Crippen LogP contribution in [-0.2, 0) is 4.79 Å². The van der Waals surface area contributed by atoms with Crippen molar-refractivity contribution in [3.05, 3.63) is 34.9 Å². The van der Waals surface area contributed by atoms with Crippen LogP contribution in [0.2, 0.25) is 0 Å². The van der Waals surface area contributed by atoms with E-state index >= 15 is 0 Å². The fraction of sp³-hybridized carbons (Fsp3) is 0.632. The minimum atomic E-state index is -0.617. The zero-order valence-electron chi connectivity index (χ0n) is 13.7. The van der Waals surface area contributed by atoms with E-state index in [1.165, 1.54) is 16.7 Å². The van der Waals surface area contributed by atoms with Crippen LogP contribution in [0, 0.1) is 5.92 Å². The van der Waals surface area contributed by atoms with Crippen LogP contribution in [0.3, 0.4) is 0 Å². The van der Waals surface area contributed by atoms with Gasteiger partial charge in [0.25, 0.3) is 0 Å². The molecule has 116 valence electrons. The van der Waals surface area contributed by atoms with E-state index in [1.54, 1.807) is 0 Å². The van der Waals surface area contributed by atoms with Gasteiger partial charge in [-0.05, 0) is 60.1 Å². The Morgan fingerprint density at radius 3 is 2.14 bits per heavy atom. The number of carbonyl (C=O) groups is 1. The van der Waals surface area contributed by atoms with E-state index in [0.717, 1.165) is 25.7 Å². The summed E-state index contributed by atoms with van der Waals surface area (Å²) >= 11 is 0. The van der Waals surface area contributed by atoms with Crippen molar-refractivity contribution in [2.24, 2.45) is 5.92 Å². The van der Waals surface area contributed by atoms with Crippen molar-refractivity contribution in [2.45, 2.75) is 71.1 Å². The molecule has 1 saturated carbocycles. The normalized spacial score (nSPS) is 22.8. The van der Waals surface area contributed by atoms with Crippen LogP contribution >= 0.6 is 0 Å². The number of hydrogen-bond acceptors (Lipinski definition) is 1. The summed E-state index contributed by atoms with van der Waals surface area (Å²) in [6.45, 7) is 8.96. The summed E-state index contributed by atoms with van der Waals surface area (Å²) in [7, 11) is 0. The van der Waals surface area contributed by atoms with Gasteiger partial charge in [0.15, 0.2) is 0 Å². The zero-order chi connectivity index (χ0) is 15.6. The molecule has 2 rings (SSSR count). The highest BCUT2D eigenvalue weighted by molar-refractivity contribution is 5.70. The first kappa shape index (κ1) is 16.1. The van der Waals surface area contributed by atoms with Gasteiger partial charge >= 0.3 is 5.97 Å². The Balaban J connectivity index is 2.25. The minimum absolute atomic E-state index is 0.128. The molecule has 0 heterocycles. The van der Waals surface area contributed by atoms with Crippen LogP contribution in [0.15, 0.2) is 18.2 Å². The maximum atomic E-state index is 11.1. The molecule has 0 amide bonds. The molecule has 0 atom stereocenters. The summed E-state index contributed by atoms with van der Waals surface area (Å²) in [4.78, 5) is 11.1. The predicted octanol–water partition coefficient (Wildman–Crippen LogP) is 5.29. The molecule has 1 aromatic rings. The van der Waals surface area contributed by atoms with Gasteiger partial charge < -0.3 is 5.11 Å². The number of carboxylic acid groups (broad SMARTS) is 1. The molecular formula is C19H28O2. The second-order valence-electron chi connectivity index (χ2n) is 7.08. The molecule has 0 aliphatic heterocycles. The topological polar surface area (TPSA) is 37.3 Å². The molecule has 0 bridgehead atoms. The van der Waals surface area contributed by atoms with E-state index in [4.69, 9.17) is 5.11 Å². The molecule has 0 aromatic heterocycles. The maximum Gasteiger partial charge on any atom is 0.306 e. The Morgan fingerprint density at radius 2 is 1.67 bits per heavy atom. The van der Waals surface area contributed by atoms with E-state index in [0.29, 0.717) is 17.8 Å². The lowest BCUT2D eigenvalue weighted by Crippen LogP contribution is -2.21. The number of rotatable bonds is 4. The van der Waals surface area contributed by atoms with E-state index in [2.05, 4.69) is 45.9 Å². The molecule has 1 aliphatic carbocycles. The Bertz CT molecular complexity index is 494. The number of hydrogen-bond donors (Lipinski definition) is 1. The summed E-state index contributed by atoms with van der Waals surface area (Å²) in [5.41, 5.74) is 4.31. The minimum Gasteiger partial charge on any atom is -0.481 e. The lowest BCUT2D eigenvalue weighted by Gasteiger charge is -2.29. The molecule has 0 saturated heterocycles. The largest absolute Gasteiger partial charge is 0.481 e. The van der Waals surface area contributed by atoms with E-state index < -0.39 is 5.97 Å². The summed E-state index contributed by atoms with van der Waals surface area (Å²) in [5.74, 6) is 0.862. The monoisotopic (exact) mass is 288 g/mol. The highest BCUT2D eigenvalue weighted by Gasteiger charge is 2.28. The molecule has 2 nitrogen and oxygen atoms in total. The van der Waals surface area contributed by atoms with E-state index in [-0.39, 0.29) is 5.92 Å². The van der Waals surface area contributed by atoms with Crippen molar-refractivity contribution in [2.75, 3.05) is 0 Å². The van der Waals surface area contributed by atoms with Gasteiger partial charge in [-0.1, -0.05) is 45.9 Å². The third-order valence-electron chi connectivity index (χ3n) is 4.92. The summed E-state index contributed by atoms with van der Waals surface area (Å²) in [6.07, 6.45) is 3.67. The van der Waals surface area contributed by atoms with Crippen molar-refractivity contribution in [3.63, 3.8) is 0 Å². The Kier molecular flexibility index (Phi) is 5.08. The van der Waals surface area contributed by atoms with Crippen molar-refractivity contribution in [1.29, 1.82) is 0 Å². The molecule has 1 aliphatic rings. The zero-order valence-corrected chi connectivity index (χ0v) is 13.7. The molecule has 1 fully saturated rings. The van der Waals surface area contributed by atoms with Gasteiger partial charge in [-0.15, -0.1) is 0 Å². The summed E-state index contributed by atoms with van der Waals surface area (Å²) in [6, 6.07) is 6.93. The second-order valence-corrected chi connectivity index (χ2v) is 7.08. The second kappa shape index (κ2) is 6.64. The van der Waals surface area contributed by atoms with Gasteiger partial charge in [-0.3, -0.25) is 4.79 Å². The number of carboxylic acids is 1. The van der Waals surface area contributed by atoms with Crippen molar-refractivity contribution >= 4 is 5.97 Å². The Morgan fingerprint density at radius 1 is 1.05 bits per heavy atom. The standard InChI is InChI=1S/C19H28O2/c1-12(2)16-9-10-17(13(3)4)18(11-16)14-5-7-15(8-6-14)19(20)21/h9-15H,5-8H2,1-4H3,(H,20,21). The molecular weight excluding hydrogens is 260 g/mol. The first-order valence-electron chi connectivity index (χ1n) is 8.26. The third kappa shape index (κ3) is 3.66. The highest BCUT2D eigenvalue weighted by atomic mass is 16.4. The van der Waals surface area contributed by atoms with E-state index in [9.17, 15) is 4.79 Å². The first-order valence-corrected chi connectivity index (χ1v) is 8.26. The molecule has 1 N–H and O–H groups in total. The fourth-order valence-electron chi connectivity index (χ4n) is 3.48.